The van der Waals surface area contributed by atoms with Gasteiger partial charge in [-0.2, -0.15) is 0 Å². The Kier molecular flexibility index (Phi) is 8.23. The molecule has 1 saturated heterocycles. The van der Waals surface area contributed by atoms with Gasteiger partial charge in [0.05, 0.1) is 5.52 Å². The van der Waals surface area contributed by atoms with E-state index in [1.54, 1.807) is 32.6 Å². The van der Waals surface area contributed by atoms with E-state index in [1.807, 2.05) is 66.7 Å². The number of carbonyl (C=O) groups excluding carboxylic acids is 2. The molecule has 2 N–H and O–H groups in total. The zero-order chi connectivity index (χ0) is 29.0. The van der Waals surface area contributed by atoms with E-state index in [1.165, 1.54) is 0 Å². The van der Waals surface area contributed by atoms with E-state index in [4.69, 9.17) is 19.4 Å². The molecule has 2 aromatic carbocycles. The van der Waals surface area contributed by atoms with Crippen LogP contribution in [-0.4, -0.2) is 56.6 Å². The smallest absolute Gasteiger partial charge is 0.408 e. The van der Waals surface area contributed by atoms with Crippen LogP contribution in [0, 0.1) is 0 Å². The summed E-state index contributed by atoms with van der Waals surface area (Å²) in [6.07, 6.45) is 1.01. The average Bonchev–Trinajstić information content (AvgIpc) is 3.39. The second-order valence-electron chi connectivity index (χ2n) is 11.5. The summed E-state index contributed by atoms with van der Waals surface area (Å²) in [7, 11) is 0. The molecule has 1 aliphatic heterocycles. The van der Waals surface area contributed by atoms with E-state index < -0.39 is 17.7 Å². The van der Waals surface area contributed by atoms with Gasteiger partial charge in [0.15, 0.2) is 5.65 Å². The van der Waals surface area contributed by atoms with Crippen molar-refractivity contribution in [2.75, 3.05) is 13.1 Å². The van der Waals surface area contributed by atoms with Crippen LogP contribution in [0.4, 0.5) is 4.79 Å². The van der Waals surface area contributed by atoms with Gasteiger partial charge in [0.1, 0.15) is 29.8 Å². The molecule has 0 radical (unpaired) electrons. The fourth-order valence-corrected chi connectivity index (χ4v) is 4.94. The van der Waals surface area contributed by atoms with Crippen molar-refractivity contribution < 1.29 is 19.1 Å². The minimum atomic E-state index is -0.650. The van der Waals surface area contributed by atoms with Crippen molar-refractivity contribution in [3.8, 4) is 17.1 Å². The lowest BCUT2D eigenvalue weighted by atomic mass is 9.92. The lowest BCUT2D eigenvalue weighted by Gasteiger charge is -2.33. The number of hydrogen-bond acceptors (Lipinski definition) is 6. The number of ether oxygens (including phenoxy) is 2. The van der Waals surface area contributed by atoms with Crippen LogP contribution in [0.3, 0.4) is 0 Å². The summed E-state index contributed by atoms with van der Waals surface area (Å²) in [5.74, 6) is 1.69. The molecule has 41 heavy (non-hydrogen) atoms. The lowest BCUT2D eigenvalue weighted by molar-refractivity contribution is -0.134. The number of amides is 2. The number of piperidine rings is 1. The SMILES string of the molecule is C[C@@H](NC(=O)OC(C)(C)C)C(=O)N1CCC(c2ccc3[nH]c(-c4ccc(OCc5ccccc5)cc4)nc3n2)CC1. The van der Waals surface area contributed by atoms with Gasteiger partial charge in [0, 0.05) is 30.3 Å². The van der Waals surface area contributed by atoms with Crippen molar-refractivity contribution in [2.24, 2.45) is 0 Å². The maximum atomic E-state index is 12.9. The van der Waals surface area contributed by atoms with Crippen molar-refractivity contribution in [2.45, 2.75) is 64.7 Å². The lowest BCUT2D eigenvalue weighted by Crippen LogP contribution is -2.50. The zero-order valence-electron chi connectivity index (χ0n) is 24.0. The maximum Gasteiger partial charge on any atom is 0.408 e. The number of aromatic amines is 1. The Labute approximate surface area is 240 Å². The molecular formula is C32H37N5O4. The number of rotatable bonds is 7. The first-order valence-electron chi connectivity index (χ1n) is 14.1. The Balaban J connectivity index is 1.17. The molecule has 0 saturated carbocycles. The van der Waals surface area contributed by atoms with Crippen LogP contribution < -0.4 is 10.1 Å². The number of H-pyrrole nitrogens is 1. The first-order chi connectivity index (χ1) is 19.6. The van der Waals surface area contributed by atoms with Crippen LogP contribution in [0.5, 0.6) is 5.75 Å². The molecule has 0 spiro atoms. The number of alkyl carbamates (subject to hydrolysis) is 1. The van der Waals surface area contributed by atoms with Gasteiger partial charge in [-0.25, -0.2) is 14.8 Å². The van der Waals surface area contributed by atoms with Gasteiger partial charge in [-0.1, -0.05) is 30.3 Å². The highest BCUT2D eigenvalue weighted by Gasteiger charge is 2.29. The van der Waals surface area contributed by atoms with E-state index in [9.17, 15) is 9.59 Å². The van der Waals surface area contributed by atoms with Gasteiger partial charge in [0.2, 0.25) is 5.91 Å². The molecule has 0 aliphatic carbocycles. The Morgan fingerprint density at radius 1 is 1.00 bits per heavy atom. The molecule has 1 atom stereocenters. The van der Waals surface area contributed by atoms with Crippen LogP contribution >= 0.6 is 0 Å². The molecule has 1 fully saturated rings. The third-order valence-electron chi connectivity index (χ3n) is 7.07. The van der Waals surface area contributed by atoms with Crippen molar-refractivity contribution >= 4 is 23.2 Å². The van der Waals surface area contributed by atoms with Crippen LogP contribution in [-0.2, 0) is 16.1 Å². The molecule has 5 rings (SSSR count). The fourth-order valence-electron chi connectivity index (χ4n) is 4.94. The highest BCUT2D eigenvalue weighted by atomic mass is 16.6. The Morgan fingerprint density at radius 2 is 1.71 bits per heavy atom. The van der Waals surface area contributed by atoms with E-state index in [2.05, 4.69) is 10.3 Å². The van der Waals surface area contributed by atoms with Crippen molar-refractivity contribution in [3.05, 3.63) is 78.0 Å². The quantitative estimate of drug-likeness (QED) is 0.297. The second kappa shape index (κ2) is 12.0. The van der Waals surface area contributed by atoms with E-state index in [0.29, 0.717) is 25.3 Å². The Bertz CT molecular complexity index is 1490. The predicted molar refractivity (Wildman–Crippen MR) is 157 cm³/mol. The molecule has 3 heterocycles. The Hall–Kier alpha value is -4.40. The minimum Gasteiger partial charge on any atom is -0.489 e. The van der Waals surface area contributed by atoms with Gasteiger partial charge in [-0.15, -0.1) is 0 Å². The van der Waals surface area contributed by atoms with Crippen LogP contribution in [0.2, 0.25) is 0 Å². The average molecular weight is 556 g/mol. The topological polar surface area (TPSA) is 109 Å². The molecule has 2 amide bonds. The number of fused-ring (bicyclic) bond motifs is 1. The molecule has 214 valence electrons. The van der Waals surface area contributed by atoms with Crippen molar-refractivity contribution in [1.82, 2.24) is 25.2 Å². The molecular weight excluding hydrogens is 518 g/mol. The molecule has 0 bridgehead atoms. The molecule has 0 unspecified atom stereocenters. The van der Waals surface area contributed by atoms with Gasteiger partial charge in [-0.05, 0) is 82.5 Å². The third-order valence-corrected chi connectivity index (χ3v) is 7.07. The number of likely N-dealkylation sites (tertiary alicyclic amines) is 1. The zero-order valence-corrected chi connectivity index (χ0v) is 24.0. The van der Waals surface area contributed by atoms with E-state index >= 15 is 0 Å². The molecule has 4 aromatic rings. The first kappa shape index (κ1) is 28.1. The van der Waals surface area contributed by atoms with Gasteiger partial charge < -0.3 is 24.7 Å². The summed E-state index contributed by atoms with van der Waals surface area (Å²) in [4.78, 5) is 39.7. The summed E-state index contributed by atoms with van der Waals surface area (Å²) in [5, 5.41) is 2.64. The predicted octanol–water partition coefficient (Wildman–Crippen LogP) is 5.82. The van der Waals surface area contributed by atoms with Gasteiger partial charge in [0.25, 0.3) is 0 Å². The molecule has 9 nitrogen and oxygen atoms in total. The fraction of sp³-hybridized carbons (Fsp3) is 0.375. The standard InChI is InChI=1S/C32H37N5O4/c1-21(33-31(39)41-32(2,3)4)30(38)37-18-16-23(17-19-37)26-14-15-27-29(34-26)36-28(35-27)24-10-12-25(13-11-24)40-20-22-8-6-5-7-9-22/h5-15,21,23H,16-20H2,1-4H3,(H,33,39)(H,34,35,36)/t21-/m1/s1. The summed E-state index contributed by atoms with van der Waals surface area (Å²) in [5.41, 5.74) is 4.00. The number of pyridine rings is 1. The van der Waals surface area contributed by atoms with Crippen LogP contribution in [0.15, 0.2) is 66.7 Å². The highest BCUT2D eigenvalue weighted by molar-refractivity contribution is 5.85. The van der Waals surface area contributed by atoms with Gasteiger partial charge >= 0.3 is 6.09 Å². The summed E-state index contributed by atoms with van der Waals surface area (Å²) < 4.78 is 11.2. The minimum absolute atomic E-state index is 0.105. The van der Waals surface area contributed by atoms with E-state index in [0.717, 1.165) is 46.8 Å². The van der Waals surface area contributed by atoms with E-state index in [-0.39, 0.29) is 11.8 Å². The molecule has 1 aliphatic rings. The third kappa shape index (κ3) is 7.22. The highest BCUT2D eigenvalue weighted by Crippen LogP contribution is 2.29. The number of imidazole rings is 1. The van der Waals surface area contributed by atoms with Gasteiger partial charge in [-0.3, -0.25) is 4.79 Å². The molecule has 9 heteroatoms. The van der Waals surface area contributed by atoms with Crippen LogP contribution in [0.1, 0.15) is 57.7 Å². The first-order valence-corrected chi connectivity index (χ1v) is 14.1. The number of nitrogens with one attached hydrogen (secondary N) is 2. The van der Waals surface area contributed by atoms with Crippen molar-refractivity contribution in [3.63, 3.8) is 0 Å². The normalized spacial score (nSPS) is 15.0. The number of hydrogen-bond donors (Lipinski definition) is 2. The van der Waals surface area contributed by atoms with Crippen LogP contribution in [0.25, 0.3) is 22.6 Å². The Morgan fingerprint density at radius 3 is 2.39 bits per heavy atom. The maximum absolute atomic E-state index is 12.9. The largest absolute Gasteiger partial charge is 0.489 e. The summed E-state index contributed by atoms with van der Waals surface area (Å²) in [6.45, 7) is 8.79. The molecule has 2 aromatic heterocycles. The number of nitrogens with zero attached hydrogens (tertiary/aromatic N) is 3. The number of benzene rings is 2. The number of aromatic nitrogens is 3. The second-order valence-corrected chi connectivity index (χ2v) is 11.5. The monoisotopic (exact) mass is 555 g/mol. The van der Waals surface area contributed by atoms with Crippen molar-refractivity contribution in [1.29, 1.82) is 0 Å². The summed E-state index contributed by atoms with van der Waals surface area (Å²) in [6, 6.07) is 21.4. The summed E-state index contributed by atoms with van der Waals surface area (Å²) >= 11 is 0. The number of carbonyl (C=O) groups is 2.